The van der Waals surface area contributed by atoms with E-state index in [0.29, 0.717) is 34.4 Å². The normalized spacial score (nSPS) is 11.4. The Morgan fingerprint density at radius 1 is 0.857 bits per heavy atom. The first-order chi connectivity index (χ1) is 20.2. The SMILES string of the molecule is CCNc1cc2oc(-c3ccc(C)cc3)c(C(=O)NC)c2cc1-c1cccc(C(=O)NCC(F)(F)c2ccccc2)c1. The molecule has 2 amide bonds. The molecule has 0 saturated carbocycles. The monoisotopic (exact) mass is 567 g/mol. The molecule has 0 unspecified atom stereocenters. The summed E-state index contributed by atoms with van der Waals surface area (Å²) < 4.78 is 35.6. The fourth-order valence-electron chi connectivity index (χ4n) is 4.88. The zero-order chi connectivity index (χ0) is 29.9. The lowest BCUT2D eigenvalue weighted by Gasteiger charge is -2.17. The number of nitrogens with one attached hydrogen (secondary N) is 3. The van der Waals surface area contributed by atoms with E-state index in [1.807, 2.05) is 56.3 Å². The number of carbonyl (C=O) groups excluding carboxylic acids is 2. The van der Waals surface area contributed by atoms with E-state index in [1.165, 1.54) is 24.3 Å². The van der Waals surface area contributed by atoms with Gasteiger partial charge in [-0.3, -0.25) is 9.59 Å². The van der Waals surface area contributed by atoms with E-state index in [4.69, 9.17) is 4.42 Å². The third-order valence-electron chi connectivity index (χ3n) is 7.07. The lowest BCUT2D eigenvalue weighted by Crippen LogP contribution is -2.35. The molecular formula is C34H31F2N3O3. The highest BCUT2D eigenvalue weighted by Gasteiger charge is 2.32. The molecule has 0 atom stereocenters. The van der Waals surface area contributed by atoms with E-state index in [-0.39, 0.29) is 17.0 Å². The van der Waals surface area contributed by atoms with Gasteiger partial charge in [0.05, 0.1) is 12.1 Å². The van der Waals surface area contributed by atoms with Gasteiger partial charge in [-0.25, -0.2) is 0 Å². The van der Waals surface area contributed by atoms with Crippen molar-refractivity contribution in [3.63, 3.8) is 0 Å². The molecular weight excluding hydrogens is 536 g/mol. The number of benzene rings is 4. The highest BCUT2D eigenvalue weighted by molar-refractivity contribution is 6.13. The molecule has 4 aromatic carbocycles. The van der Waals surface area contributed by atoms with Gasteiger partial charge in [-0.05, 0) is 37.6 Å². The Hall–Kier alpha value is -4.98. The van der Waals surface area contributed by atoms with E-state index in [2.05, 4.69) is 16.0 Å². The summed E-state index contributed by atoms with van der Waals surface area (Å²) in [6.07, 6.45) is 0. The van der Waals surface area contributed by atoms with Crippen LogP contribution in [0.5, 0.6) is 0 Å². The molecule has 0 spiro atoms. The summed E-state index contributed by atoms with van der Waals surface area (Å²) in [6.45, 7) is 3.73. The number of hydrogen-bond acceptors (Lipinski definition) is 4. The average molecular weight is 568 g/mol. The van der Waals surface area contributed by atoms with E-state index < -0.39 is 18.4 Å². The number of anilines is 1. The van der Waals surface area contributed by atoms with Crippen molar-refractivity contribution in [3.8, 4) is 22.5 Å². The fourth-order valence-corrected chi connectivity index (χ4v) is 4.88. The van der Waals surface area contributed by atoms with E-state index in [9.17, 15) is 18.4 Å². The molecule has 1 heterocycles. The molecule has 8 heteroatoms. The lowest BCUT2D eigenvalue weighted by atomic mass is 9.97. The Morgan fingerprint density at radius 2 is 1.60 bits per heavy atom. The largest absolute Gasteiger partial charge is 0.455 e. The van der Waals surface area contributed by atoms with Crippen molar-refractivity contribution in [2.75, 3.05) is 25.5 Å². The Labute approximate surface area is 242 Å². The van der Waals surface area contributed by atoms with Crippen LogP contribution in [-0.2, 0) is 5.92 Å². The van der Waals surface area contributed by atoms with Gasteiger partial charge in [0.25, 0.3) is 17.7 Å². The number of furan rings is 1. The van der Waals surface area contributed by atoms with Crippen LogP contribution in [0, 0.1) is 6.92 Å². The Morgan fingerprint density at radius 3 is 2.29 bits per heavy atom. The van der Waals surface area contributed by atoms with Crippen molar-refractivity contribution in [3.05, 3.63) is 113 Å². The summed E-state index contributed by atoms with van der Waals surface area (Å²) in [7, 11) is 1.57. The third-order valence-corrected chi connectivity index (χ3v) is 7.07. The zero-order valence-electron chi connectivity index (χ0n) is 23.6. The van der Waals surface area contributed by atoms with Gasteiger partial charge in [-0.15, -0.1) is 0 Å². The Balaban J connectivity index is 1.54. The van der Waals surface area contributed by atoms with Crippen LogP contribution in [0.4, 0.5) is 14.5 Å². The molecule has 0 saturated heterocycles. The van der Waals surface area contributed by atoms with Crippen LogP contribution >= 0.6 is 0 Å². The predicted octanol–water partition coefficient (Wildman–Crippen LogP) is 7.39. The number of rotatable bonds is 9. The topological polar surface area (TPSA) is 83.4 Å². The summed E-state index contributed by atoms with van der Waals surface area (Å²) in [5.74, 6) is -3.67. The molecule has 5 rings (SSSR count). The molecule has 6 nitrogen and oxygen atoms in total. The Kier molecular flexibility index (Phi) is 8.06. The van der Waals surface area contributed by atoms with Crippen molar-refractivity contribution < 1.29 is 22.8 Å². The molecule has 0 bridgehead atoms. The van der Waals surface area contributed by atoms with Gasteiger partial charge in [-0.1, -0.05) is 72.3 Å². The van der Waals surface area contributed by atoms with Crippen LogP contribution in [0.3, 0.4) is 0 Å². The van der Waals surface area contributed by atoms with Gasteiger partial charge in [0.1, 0.15) is 11.3 Å². The average Bonchev–Trinajstić information content (AvgIpc) is 3.38. The van der Waals surface area contributed by atoms with Crippen LogP contribution in [-0.4, -0.2) is 32.0 Å². The van der Waals surface area contributed by atoms with Crippen LogP contribution in [0.2, 0.25) is 0 Å². The number of alkyl halides is 2. The van der Waals surface area contributed by atoms with Crippen molar-refractivity contribution in [1.82, 2.24) is 10.6 Å². The van der Waals surface area contributed by atoms with Crippen molar-refractivity contribution in [1.29, 1.82) is 0 Å². The number of halogens is 2. The van der Waals surface area contributed by atoms with Crippen molar-refractivity contribution in [2.24, 2.45) is 0 Å². The van der Waals surface area contributed by atoms with Gasteiger partial charge in [0.2, 0.25) is 0 Å². The molecule has 1 aromatic heterocycles. The Bertz CT molecular complexity index is 1750. The number of fused-ring (bicyclic) bond motifs is 1. The maximum Gasteiger partial charge on any atom is 0.290 e. The summed E-state index contributed by atoms with van der Waals surface area (Å²) in [4.78, 5) is 26.1. The molecule has 0 aliphatic carbocycles. The number of hydrogen-bond donors (Lipinski definition) is 3. The first-order valence-electron chi connectivity index (χ1n) is 13.7. The summed E-state index contributed by atoms with van der Waals surface area (Å²) in [5, 5.41) is 9.03. The third kappa shape index (κ3) is 5.74. The zero-order valence-corrected chi connectivity index (χ0v) is 23.6. The predicted molar refractivity (Wildman–Crippen MR) is 162 cm³/mol. The van der Waals surface area contributed by atoms with Gasteiger partial charge in [0.15, 0.2) is 0 Å². The number of carbonyl (C=O) groups is 2. The summed E-state index contributed by atoms with van der Waals surface area (Å²) in [5.41, 5.74) is 5.00. The molecule has 214 valence electrons. The van der Waals surface area contributed by atoms with Crippen LogP contribution in [0.25, 0.3) is 33.4 Å². The second-order valence-electron chi connectivity index (χ2n) is 10.0. The van der Waals surface area contributed by atoms with Crippen LogP contribution in [0.1, 0.15) is 38.8 Å². The summed E-state index contributed by atoms with van der Waals surface area (Å²) in [6, 6.07) is 25.6. The highest BCUT2D eigenvalue weighted by atomic mass is 19.3. The van der Waals surface area contributed by atoms with Crippen LogP contribution in [0.15, 0.2) is 95.4 Å². The summed E-state index contributed by atoms with van der Waals surface area (Å²) >= 11 is 0. The second kappa shape index (κ2) is 11.9. The number of amides is 2. The minimum Gasteiger partial charge on any atom is -0.455 e. The van der Waals surface area contributed by atoms with Gasteiger partial charge in [0, 0.05) is 53.0 Å². The molecule has 5 aromatic rings. The smallest absolute Gasteiger partial charge is 0.290 e. The standard InChI is InChI=1S/C34H31F2N3O3/c1-4-38-28-19-29-27(30(33(41)37-3)31(42-29)22-15-13-21(2)14-16-22)18-26(28)23-9-8-10-24(17-23)32(40)39-20-34(35,36)25-11-6-5-7-12-25/h5-19,38H,4,20H2,1-3H3,(H,37,41)(H,39,40). The van der Waals surface area contributed by atoms with E-state index in [1.54, 1.807) is 31.3 Å². The first-order valence-corrected chi connectivity index (χ1v) is 13.7. The molecule has 42 heavy (non-hydrogen) atoms. The second-order valence-corrected chi connectivity index (χ2v) is 10.0. The van der Waals surface area contributed by atoms with Gasteiger partial charge >= 0.3 is 0 Å². The molecule has 0 fully saturated rings. The fraction of sp³-hybridized carbons (Fsp3) is 0.176. The molecule has 0 radical (unpaired) electrons. The molecule has 0 aliphatic heterocycles. The number of aryl methyl sites for hydroxylation is 1. The van der Waals surface area contributed by atoms with Gasteiger partial charge in [-0.2, -0.15) is 8.78 Å². The lowest BCUT2D eigenvalue weighted by molar-refractivity contribution is -0.00247. The van der Waals surface area contributed by atoms with Crippen molar-refractivity contribution >= 4 is 28.5 Å². The minimum absolute atomic E-state index is 0.167. The molecule has 0 aliphatic rings. The first kappa shape index (κ1) is 28.5. The quantitative estimate of drug-likeness (QED) is 0.173. The van der Waals surface area contributed by atoms with Crippen molar-refractivity contribution in [2.45, 2.75) is 19.8 Å². The van der Waals surface area contributed by atoms with Gasteiger partial charge < -0.3 is 20.4 Å². The highest BCUT2D eigenvalue weighted by Crippen LogP contribution is 2.40. The maximum atomic E-state index is 14.7. The van der Waals surface area contributed by atoms with E-state index in [0.717, 1.165) is 22.4 Å². The maximum absolute atomic E-state index is 14.7. The van der Waals surface area contributed by atoms with E-state index >= 15 is 0 Å². The molecule has 3 N–H and O–H groups in total. The minimum atomic E-state index is -3.22. The van der Waals surface area contributed by atoms with Crippen LogP contribution < -0.4 is 16.0 Å².